The van der Waals surface area contributed by atoms with E-state index in [9.17, 15) is 0 Å². The third-order valence-corrected chi connectivity index (χ3v) is 3.44. The predicted octanol–water partition coefficient (Wildman–Crippen LogP) is 4.03. The molecular formula is C18H24N2O. The number of ether oxygens (including phenoxy) is 1. The quantitative estimate of drug-likeness (QED) is 0.833. The minimum atomic E-state index is 0.282. The Bertz CT molecular complexity index is 554. The van der Waals surface area contributed by atoms with E-state index in [4.69, 9.17) is 4.74 Å². The van der Waals surface area contributed by atoms with Crippen LogP contribution in [0, 0.1) is 6.92 Å². The average Bonchev–Trinajstić information content (AvgIpc) is 2.51. The molecule has 0 fully saturated rings. The maximum absolute atomic E-state index is 6.00. The maximum atomic E-state index is 6.00. The fourth-order valence-corrected chi connectivity index (χ4v) is 2.23. The summed E-state index contributed by atoms with van der Waals surface area (Å²) in [5.41, 5.74) is 3.35. The van der Waals surface area contributed by atoms with Crippen molar-refractivity contribution in [2.75, 3.05) is 6.54 Å². The molecule has 1 unspecified atom stereocenters. The molecule has 3 nitrogen and oxygen atoms in total. The monoisotopic (exact) mass is 284 g/mol. The van der Waals surface area contributed by atoms with Gasteiger partial charge in [-0.05, 0) is 50.6 Å². The summed E-state index contributed by atoms with van der Waals surface area (Å²) in [5.74, 6) is 0.941. The van der Waals surface area contributed by atoms with E-state index >= 15 is 0 Å². The highest BCUT2D eigenvalue weighted by atomic mass is 16.5. The zero-order valence-electron chi connectivity index (χ0n) is 13.1. The number of pyridine rings is 1. The Morgan fingerprint density at radius 1 is 1.24 bits per heavy atom. The van der Waals surface area contributed by atoms with Crippen LogP contribution in [0.1, 0.15) is 43.1 Å². The Hall–Kier alpha value is -1.87. The summed E-state index contributed by atoms with van der Waals surface area (Å²) in [4.78, 5) is 4.30. The van der Waals surface area contributed by atoms with Gasteiger partial charge in [0.25, 0.3) is 0 Å². The normalized spacial score (nSPS) is 12.1. The summed E-state index contributed by atoms with van der Waals surface area (Å²) in [7, 11) is 0. The lowest BCUT2D eigenvalue weighted by atomic mass is 10.0. The van der Waals surface area contributed by atoms with Crippen LogP contribution in [-0.4, -0.2) is 11.5 Å². The van der Waals surface area contributed by atoms with Gasteiger partial charge >= 0.3 is 0 Å². The van der Waals surface area contributed by atoms with Gasteiger partial charge in [-0.15, -0.1) is 0 Å². The lowest BCUT2D eigenvalue weighted by molar-refractivity contribution is 0.295. The molecule has 0 saturated heterocycles. The van der Waals surface area contributed by atoms with Gasteiger partial charge in [-0.25, -0.2) is 0 Å². The van der Waals surface area contributed by atoms with E-state index in [1.807, 2.05) is 18.2 Å². The zero-order valence-corrected chi connectivity index (χ0v) is 13.1. The lowest BCUT2D eigenvalue weighted by Crippen LogP contribution is -2.20. The molecule has 1 N–H and O–H groups in total. The van der Waals surface area contributed by atoms with Crippen LogP contribution in [0.25, 0.3) is 0 Å². The first kappa shape index (κ1) is 15.5. The molecule has 0 aliphatic carbocycles. The van der Waals surface area contributed by atoms with Crippen LogP contribution in [0.15, 0.2) is 42.6 Å². The largest absolute Gasteiger partial charge is 0.487 e. The fourth-order valence-electron chi connectivity index (χ4n) is 2.23. The lowest BCUT2D eigenvalue weighted by Gasteiger charge is -2.18. The van der Waals surface area contributed by atoms with Gasteiger partial charge < -0.3 is 10.1 Å². The van der Waals surface area contributed by atoms with E-state index < -0.39 is 0 Å². The van der Waals surface area contributed by atoms with Crippen molar-refractivity contribution < 1.29 is 4.74 Å². The first-order chi connectivity index (χ1) is 10.2. The van der Waals surface area contributed by atoms with E-state index in [0.717, 1.165) is 24.4 Å². The molecule has 2 aromatic rings. The predicted molar refractivity (Wildman–Crippen MR) is 86.5 cm³/mol. The molecule has 1 aromatic carbocycles. The van der Waals surface area contributed by atoms with Gasteiger partial charge in [0.05, 0.1) is 5.69 Å². The Morgan fingerprint density at radius 2 is 2.10 bits per heavy atom. The van der Waals surface area contributed by atoms with Gasteiger partial charge in [-0.3, -0.25) is 4.98 Å². The number of aromatic nitrogens is 1. The van der Waals surface area contributed by atoms with Crippen LogP contribution in [0.2, 0.25) is 0 Å². The number of benzene rings is 1. The van der Waals surface area contributed by atoms with Crippen molar-refractivity contribution in [3.63, 3.8) is 0 Å². The topological polar surface area (TPSA) is 34.1 Å². The highest BCUT2D eigenvalue weighted by Crippen LogP contribution is 2.27. The molecule has 112 valence electrons. The number of aryl methyl sites for hydroxylation is 1. The van der Waals surface area contributed by atoms with Gasteiger partial charge in [-0.2, -0.15) is 0 Å². The summed E-state index contributed by atoms with van der Waals surface area (Å²) < 4.78 is 6.00. The van der Waals surface area contributed by atoms with Crippen molar-refractivity contribution in [2.45, 2.75) is 39.8 Å². The highest BCUT2D eigenvalue weighted by molar-refractivity contribution is 5.39. The summed E-state index contributed by atoms with van der Waals surface area (Å²) in [6.07, 6.45) is 2.92. The van der Waals surface area contributed by atoms with Crippen molar-refractivity contribution >= 4 is 0 Å². The van der Waals surface area contributed by atoms with E-state index in [1.54, 1.807) is 6.20 Å². The summed E-state index contributed by atoms with van der Waals surface area (Å²) in [5, 5.41) is 3.51. The molecule has 0 amide bonds. The molecular weight excluding hydrogens is 260 g/mol. The SMILES string of the molecule is CCCNC(C)c1ccc(C)cc1OCc1ccccn1. The van der Waals surface area contributed by atoms with Crippen LogP contribution < -0.4 is 10.1 Å². The molecule has 0 spiro atoms. The Kier molecular flexibility index (Phi) is 5.76. The Balaban J connectivity index is 2.11. The first-order valence-corrected chi connectivity index (χ1v) is 7.57. The van der Waals surface area contributed by atoms with Crippen molar-refractivity contribution in [1.29, 1.82) is 0 Å². The molecule has 1 heterocycles. The van der Waals surface area contributed by atoms with Crippen LogP contribution in [-0.2, 0) is 6.61 Å². The van der Waals surface area contributed by atoms with Crippen LogP contribution >= 0.6 is 0 Å². The molecule has 1 atom stereocenters. The minimum absolute atomic E-state index is 0.282. The third-order valence-electron chi connectivity index (χ3n) is 3.44. The second kappa shape index (κ2) is 7.79. The summed E-state index contributed by atoms with van der Waals surface area (Å²) in [6.45, 7) is 7.94. The van der Waals surface area contributed by atoms with Gasteiger partial charge in [0, 0.05) is 17.8 Å². The number of nitrogens with zero attached hydrogens (tertiary/aromatic N) is 1. The minimum Gasteiger partial charge on any atom is -0.487 e. The van der Waals surface area contributed by atoms with Crippen molar-refractivity contribution in [2.24, 2.45) is 0 Å². The van der Waals surface area contributed by atoms with Crippen LogP contribution in [0.3, 0.4) is 0 Å². The van der Waals surface area contributed by atoms with E-state index in [-0.39, 0.29) is 6.04 Å². The summed E-state index contributed by atoms with van der Waals surface area (Å²) >= 11 is 0. The molecule has 0 radical (unpaired) electrons. The molecule has 0 aliphatic rings. The number of hydrogen-bond acceptors (Lipinski definition) is 3. The highest BCUT2D eigenvalue weighted by Gasteiger charge is 2.11. The standard InChI is InChI=1S/C18H24N2O/c1-4-10-19-15(3)17-9-8-14(2)12-18(17)21-13-16-7-5-6-11-20-16/h5-9,11-12,15,19H,4,10,13H2,1-3H3. The average molecular weight is 284 g/mol. The van der Waals surface area contributed by atoms with Crippen LogP contribution in [0.4, 0.5) is 0 Å². The first-order valence-electron chi connectivity index (χ1n) is 7.57. The number of rotatable bonds is 7. The van der Waals surface area contributed by atoms with Crippen LogP contribution in [0.5, 0.6) is 5.75 Å². The molecule has 0 bridgehead atoms. The molecule has 2 rings (SSSR count). The van der Waals surface area contributed by atoms with E-state index in [0.29, 0.717) is 6.61 Å². The van der Waals surface area contributed by atoms with Gasteiger partial charge in [0.15, 0.2) is 0 Å². The van der Waals surface area contributed by atoms with E-state index in [2.05, 4.69) is 49.3 Å². The zero-order chi connectivity index (χ0) is 15.1. The smallest absolute Gasteiger partial charge is 0.130 e. The second-order valence-corrected chi connectivity index (χ2v) is 5.33. The fraction of sp³-hybridized carbons (Fsp3) is 0.389. The molecule has 1 aromatic heterocycles. The Labute approximate surface area is 127 Å². The van der Waals surface area contributed by atoms with Gasteiger partial charge in [0.1, 0.15) is 12.4 Å². The number of hydrogen-bond donors (Lipinski definition) is 1. The van der Waals surface area contributed by atoms with Crippen molar-refractivity contribution in [3.05, 3.63) is 59.4 Å². The van der Waals surface area contributed by atoms with E-state index in [1.165, 1.54) is 11.1 Å². The van der Waals surface area contributed by atoms with Gasteiger partial charge in [0.2, 0.25) is 0 Å². The Morgan fingerprint density at radius 3 is 2.81 bits per heavy atom. The third kappa shape index (κ3) is 4.57. The molecule has 0 saturated carbocycles. The molecule has 21 heavy (non-hydrogen) atoms. The maximum Gasteiger partial charge on any atom is 0.130 e. The summed E-state index contributed by atoms with van der Waals surface area (Å²) in [6, 6.07) is 12.5. The second-order valence-electron chi connectivity index (χ2n) is 5.33. The van der Waals surface area contributed by atoms with Gasteiger partial charge in [-0.1, -0.05) is 25.1 Å². The number of nitrogens with one attached hydrogen (secondary N) is 1. The molecule has 3 heteroatoms. The molecule has 0 aliphatic heterocycles. The van der Waals surface area contributed by atoms with Crippen molar-refractivity contribution in [3.8, 4) is 5.75 Å². The van der Waals surface area contributed by atoms with Crippen molar-refractivity contribution in [1.82, 2.24) is 10.3 Å².